The number of nitrogens with one attached hydrogen (secondary N) is 2. The fraction of sp³-hybridized carbons (Fsp3) is 0.786. The smallest absolute Gasteiger partial charge is 0.328 e. The Balaban J connectivity index is 4.79. The second kappa shape index (κ2) is 10.5. The number of hydrogen-bond donors (Lipinski definition) is 2. The van der Waals surface area contributed by atoms with Crippen LogP contribution in [-0.2, 0) is 19.1 Å². The van der Waals surface area contributed by atoms with Gasteiger partial charge in [0.25, 0.3) is 0 Å². The Morgan fingerprint density at radius 3 is 2.19 bits per heavy atom. The molecule has 0 aliphatic carbocycles. The van der Waals surface area contributed by atoms with Crippen molar-refractivity contribution in [3.05, 3.63) is 0 Å². The quantitative estimate of drug-likeness (QED) is 0.618. The van der Waals surface area contributed by atoms with Crippen LogP contribution < -0.4 is 10.6 Å². The number of ether oxygens (including phenoxy) is 1. The van der Waals surface area contributed by atoms with E-state index in [1.807, 2.05) is 20.1 Å². The monoisotopic (exact) mass is 318 g/mol. The maximum atomic E-state index is 12.3. The third-order valence-corrected chi connectivity index (χ3v) is 3.46. The van der Waals surface area contributed by atoms with E-state index in [1.165, 1.54) is 14.0 Å². The van der Waals surface area contributed by atoms with E-state index in [-0.39, 0.29) is 17.7 Å². The van der Waals surface area contributed by atoms with E-state index >= 15 is 0 Å². The molecule has 0 radical (unpaired) electrons. The van der Waals surface area contributed by atoms with Gasteiger partial charge < -0.3 is 15.4 Å². The van der Waals surface area contributed by atoms with Crippen LogP contribution in [0.2, 0.25) is 0 Å². The molecule has 0 rings (SSSR count). The van der Waals surface area contributed by atoms with Crippen LogP contribution in [-0.4, -0.2) is 49.0 Å². The lowest BCUT2D eigenvalue weighted by Gasteiger charge is -2.22. The molecule has 0 bridgehead atoms. The Morgan fingerprint density at radius 2 is 1.76 bits per heavy atom. The summed E-state index contributed by atoms with van der Waals surface area (Å²) in [6.07, 6.45) is 2.94. The van der Waals surface area contributed by atoms with Crippen molar-refractivity contribution in [1.82, 2.24) is 10.6 Å². The molecule has 0 aromatic heterocycles. The first-order valence-electron chi connectivity index (χ1n) is 6.96. The van der Waals surface area contributed by atoms with Crippen molar-refractivity contribution in [1.29, 1.82) is 0 Å². The minimum Gasteiger partial charge on any atom is -0.467 e. The summed E-state index contributed by atoms with van der Waals surface area (Å²) in [6, 6.07) is -1.32. The van der Waals surface area contributed by atoms with Crippen LogP contribution in [0.25, 0.3) is 0 Å². The van der Waals surface area contributed by atoms with Crippen LogP contribution >= 0.6 is 11.8 Å². The second-order valence-electron chi connectivity index (χ2n) is 5.25. The molecule has 2 N–H and O–H groups in total. The predicted molar refractivity (Wildman–Crippen MR) is 84.0 cm³/mol. The van der Waals surface area contributed by atoms with Gasteiger partial charge in [-0.05, 0) is 30.8 Å². The molecule has 2 amide bonds. The maximum absolute atomic E-state index is 12.3. The molecular weight excluding hydrogens is 292 g/mol. The number of esters is 1. The first-order valence-corrected chi connectivity index (χ1v) is 8.35. The van der Waals surface area contributed by atoms with E-state index in [9.17, 15) is 14.4 Å². The molecule has 0 unspecified atom stereocenters. The van der Waals surface area contributed by atoms with Crippen LogP contribution in [0, 0.1) is 5.92 Å². The van der Waals surface area contributed by atoms with Gasteiger partial charge in [0, 0.05) is 6.92 Å². The maximum Gasteiger partial charge on any atom is 0.328 e. The lowest BCUT2D eigenvalue weighted by Crippen LogP contribution is -2.52. The molecule has 21 heavy (non-hydrogen) atoms. The van der Waals surface area contributed by atoms with E-state index < -0.39 is 18.1 Å². The first-order chi connectivity index (χ1) is 9.81. The Labute approximate surface area is 130 Å². The SMILES string of the molecule is COC(=O)[C@H](CCSC)NC(=O)[C@H](CC(C)C)NC(C)=O. The topological polar surface area (TPSA) is 84.5 Å². The highest BCUT2D eigenvalue weighted by molar-refractivity contribution is 7.98. The summed E-state index contributed by atoms with van der Waals surface area (Å²) in [5.74, 6) is -0.112. The van der Waals surface area contributed by atoms with Crippen molar-refractivity contribution in [3.8, 4) is 0 Å². The number of thioether (sulfide) groups is 1. The van der Waals surface area contributed by atoms with Crippen molar-refractivity contribution < 1.29 is 19.1 Å². The Kier molecular flexibility index (Phi) is 9.86. The summed E-state index contributed by atoms with van der Waals surface area (Å²) in [7, 11) is 1.29. The predicted octanol–water partition coefficient (Wildman–Crippen LogP) is 0.948. The third kappa shape index (κ3) is 8.60. The van der Waals surface area contributed by atoms with E-state index in [1.54, 1.807) is 11.8 Å². The summed E-state index contributed by atoms with van der Waals surface area (Å²) >= 11 is 1.59. The van der Waals surface area contributed by atoms with Crippen molar-refractivity contribution >= 4 is 29.5 Å². The number of carbonyl (C=O) groups is 3. The Bertz CT molecular complexity index is 361. The summed E-state index contributed by atoms with van der Waals surface area (Å²) in [5, 5.41) is 5.29. The van der Waals surface area contributed by atoms with Gasteiger partial charge in [0.15, 0.2) is 0 Å². The molecule has 0 aliphatic rings. The molecule has 0 saturated heterocycles. The van der Waals surface area contributed by atoms with Crippen LogP contribution in [0.1, 0.15) is 33.6 Å². The molecule has 0 aromatic rings. The summed E-state index contributed by atoms with van der Waals surface area (Å²) in [4.78, 5) is 35.2. The fourth-order valence-corrected chi connectivity index (χ4v) is 2.32. The lowest BCUT2D eigenvalue weighted by atomic mass is 10.0. The van der Waals surface area contributed by atoms with Gasteiger partial charge >= 0.3 is 5.97 Å². The van der Waals surface area contributed by atoms with Gasteiger partial charge in [-0.2, -0.15) is 11.8 Å². The highest BCUT2D eigenvalue weighted by atomic mass is 32.2. The molecule has 122 valence electrons. The van der Waals surface area contributed by atoms with Crippen molar-refractivity contribution in [3.63, 3.8) is 0 Å². The first kappa shape index (κ1) is 19.8. The minimum absolute atomic E-state index is 0.246. The Hall–Kier alpha value is -1.24. The average Bonchev–Trinajstić information content (AvgIpc) is 2.40. The number of carbonyl (C=O) groups excluding carboxylic acids is 3. The molecule has 7 heteroatoms. The van der Waals surface area contributed by atoms with Gasteiger partial charge in [-0.15, -0.1) is 0 Å². The molecule has 0 spiro atoms. The highest BCUT2D eigenvalue weighted by Crippen LogP contribution is 2.07. The van der Waals surface area contributed by atoms with Gasteiger partial charge in [0.2, 0.25) is 11.8 Å². The van der Waals surface area contributed by atoms with Crippen LogP contribution in [0.3, 0.4) is 0 Å². The average molecular weight is 318 g/mol. The summed E-state index contributed by atoms with van der Waals surface area (Å²) < 4.78 is 4.70. The van der Waals surface area contributed by atoms with E-state index in [4.69, 9.17) is 4.74 Å². The Morgan fingerprint density at radius 1 is 1.14 bits per heavy atom. The highest BCUT2D eigenvalue weighted by Gasteiger charge is 2.26. The number of amides is 2. The molecule has 2 atom stereocenters. The molecule has 0 fully saturated rings. The van der Waals surface area contributed by atoms with Crippen molar-refractivity contribution in [2.45, 2.75) is 45.7 Å². The molecule has 0 aromatic carbocycles. The number of methoxy groups -OCH3 is 1. The minimum atomic E-state index is -0.682. The molecule has 0 saturated carbocycles. The standard InChI is InChI=1S/C14H26N2O4S/c1-9(2)8-12(15-10(3)17)13(18)16-11(6-7-21-5)14(19)20-4/h9,11-12H,6-8H2,1-5H3,(H,15,17)(H,16,18)/t11-,12-/m0/s1. The molecule has 0 heterocycles. The van der Waals surface area contributed by atoms with Gasteiger partial charge in [0.1, 0.15) is 12.1 Å². The van der Waals surface area contributed by atoms with Crippen LogP contribution in [0.15, 0.2) is 0 Å². The molecule has 0 aliphatic heterocycles. The number of rotatable bonds is 9. The molecule has 6 nitrogen and oxygen atoms in total. The molecular formula is C14H26N2O4S. The van der Waals surface area contributed by atoms with E-state index in [0.29, 0.717) is 12.8 Å². The largest absolute Gasteiger partial charge is 0.467 e. The third-order valence-electron chi connectivity index (χ3n) is 2.81. The van der Waals surface area contributed by atoms with Crippen LogP contribution in [0.4, 0.5) is 0 Å². The van der Waals surface area contributed by atoms with Gasteiger partial charge in [0.05, 0.1) is 7.11 Å². The van der Waals surface area contributed by atoms with Gasteiger partial charge in [-0.1, -0.05) is 13.8 Å². The number of hydrogen-bond acceptors (Lipinski definition) is 5. The van der Waals surface area contributed by atoms with E-state index in [0.717, 1.165) is 5.75 Å². The van der Waals surface area contributed by atoms with Gasteiger partial charge in [-0.25, -0.2) is 4.79 Å². The lowest BCUT2D eigenvalue weighted by molar-refractivity contribution is -0.145. The zero-order valence-corrected chi connectivity index (χ0v) is 14.2. The van der Waals surface area contributed by atoms with Crippen molar-refractivity contribution in [2.24, 2.45) is 5.92 Å². The summed E-state index contributed by atoms with van der Waals surface area (Å²) in [5.41, 5.74) is 0. The fourth-order valence-electron chi connectivity index (χ4n) is 1.85. The zero-order chi connectivity index (χ0) is 16.4. The van der Waals surface area contributed by atoms with Gasteiger partial charge in [-0.3, -0.25) is 9.59 Å². The van der Waals surface area contributed by atoms with Crippen molar-refractivity contribution in [2.75, 3.05) is 19.1 Å². The van der Waals surface area contributed by atoms with Crippen LogP contribution in [0.5, 0.6) is 0 Å². The summed E-state index contributed by atoms with van der Waals surface area (Å²) in [6.45, 7) is 5.30. The van der Waals surface area contributed by atoms with E-state index in [2.05, 4.69) is 10.6 Å². The normalized spacial score (nSPS) is 13.4. The zero-order valence-electron chi connectivity index (χ0n) is 13.4. The second-order valence-corrected chi connectivity index (χ2v) is 6.23.